The van der Waals surface area contributed by atoms with E-state index in [1.54, 1.807) is 0 Å². The first-order valence-electron chi connectivity index (χ1n) is 5.40. The first-order valence-corrected chi connectivity index (χ1v) is 5.40. The van der Waals surface area contributed by atoms with E-state index in [1.807, 2.05) is 30.3 Å². The third-order valence-electron chi connectivity index (χ3n) is 2.75. The maximum absolute atomic E-state index is 11.7. The van der Waals surface area contributed by atoms with Crippen LogP contribution in [-0.2, 0) is 0 Å². The molecule has 0 radical (unpaired) electrons. The van der Waals surface area contributed by atoms with Gasteiger partial charge in [-0.2, -0.15) is 0 Å². The Bertz CT molecular complexity index is 318. The quantitative estimate of drug-likeness (QED) is 0.772. The Kier molecular flexibility index (Phi) is 3.35. The summed E-state index contributed by atoms with van der Waals surface area (Å²) in [6.07, 6.45) is 1.16. The summed E-state index contributed by atoms with van der Waals surface area (Å²) >= 11 is 0. The molecule has 1 aliphatic heterocycles. The first kappa shape index (κ1) is 10.2. The van der Waals surface area contributed by atoms with Crippen LogP contribution in [0.15, 0.2) is 30.3 Å². The molecule has 1 aromatic carbocycles. The molecule has 0 aromatic heterocycles. The van der Waals surface area contributed by atoms with Crippen LogP contribution in [0.1, 0.15) is 16.8 Å². The van der Waals surface area contributed by atoms with Gasteiger partial charge in [0, 0.05) is 12.1 Å². The molecule has 0 spiro atoms. The van der Waals surface area contributed by atoms with Crippen LogP contribution >= 0.6 is 0 Å². The minimum absolute atomic E-state index is 0.0301. The van der Waals surface area contributed by atoms with Gasteiger partial charge in [0.25, 0.3) is 5.91 Å². The highest BCUT2D eigenvalue weighted by Gasteiger charge is 2.15. The van der Waals surface area contributed by atoms with Crippen LogP contribution in [0.3, 0.4) is 0 Å². The fourth-order valence-electron chi connectivity index (χ4n) is 1.82. The van der Waals surface area contributed by atoms with Gasteiger partial charge >= 0.3 is 0 Å². The zero-order valence-corrected chi connectivity index (χ0v) is 8.70. The zero-order chi connectivity index (χ0) is 10.5. The molecule has 2 rings (SSSR count). The molecule has 0 bridgehead atoms. The lowest BCUT2D eigenvalue weighted by Crippen LogP contribution is -2.30. The van der Waals surface area contributed by atoms with E-state index in [9.17, 15) is 4.79 Å². The molecule has 15 heavy (non-hydrogen) atoms. The largest absolute Gasteiger partial charge is 0.352 e. The number of carbonyl (C=O) groups is 1. The van der Waals surface area contributed by atoms with Gasteiger partial charge in [0.1, 0.15) is 0 Å². The van der Waals surface area contributed by atoms with Gasteiger partial charge in [-0.1, -0.05) is 18.2 Å². The lowest BCUT2D eigenvalue weighted by molar-refractivity contribution is 0.0948. The van der Waals surface area contributed by atoms with Crippen LogP contribution in [0.25, 0.3) is 0 Å². The molecule has 3 nitrogen and oxygen atoms in total. The third kappa shape index (κ3) is 2.80. The van der Waals surface area contributed by atoms with Crippen LogP contribution in [0.2, 0.25) is 0 Å². The average Bonchev–Trinajstić information content (AvgIpc) is 2.80. The molecular formula is C12H16N2O. The van der Waals surface area contributed by atoms with E-state index in [4.69, 9.17) is 0 Å². The predicted molar refractivity (Wildman–Crippen MR) is 59.8 cm³/mol. The van der Waals surface area contributed by atoms with Gasteiger partial charge in [0.2, 0.25) is 0 Å². The highest BCUT2D eigenvalue weighted by molar-refractivity contribution is 5.94. The van der Waals surface area contributed by atoms with E-state index >= 15 is 0 Å². The predicted octanol–water partition coefficient (Wildman–Crippen LogP) is 1.03. The van der Waals surface area contributed by atoms with Crippen molar-refractivity contribution in [3.63, 3.8) is 0 Å². The molecule has 1 heterocycles. The van der Waals surface area contributed by atoms with Crippen molar-refractivity contribution < 1.29 is 4.79 Å². The van der Waals surface area contributed by atoms with Gasteiger partial charge in [-0.05, 0) is 37.6 Å². The lowest BCUT2D eigenvalue weighted by atomic mass is 10.1. The summed E-state index contributed by atoms with van der Waals surface area (Å²) in [4.78, 5) is 11.7. The molecule has 1 amide bonds. The second-order valence-electron chi connectivity index (χ2n) is 3.93. The van der Waals surface area contributed by atoms with Gasteiger partial charge in [-0.25, -0.2) is 0 Å². The second kappa shape index (κ2) is 4.94. The summed E-state index contributed by atoms with van der Waals surface area (Å²) in [5, 5.41) is 6.25. The molecule has 1 atom stereocenters. The van der Waals surface area contributed by atoms with Crippen LogP contribution < -0.4 is 10.6 Å². The van der Waals surface area contributed by atoms with Crippen molar-refractivity contribution in [1.29, 1.82) is 0 Å². The van der Waals surface area contributed by atoms with Crippen LogP contribution in [-0.4, -0.2) is 25.5 Å². The lowest BCUT2D eigenvalue weighted by Gasteiger charge is -2.09. The Morgan fingerprint density at radius 1 is 1.40 bits per heavy atom. The van der Waals surface area contributed by atoms with E-state index in [2.05, 4.69) is 10.6 Å². The van der Waals surface area contributed by atoms with Crippen LogP contribution in [0, 0.1) is 5.92 Å². The smallest absolute Gasteiger partial charge is 0.251 e. The Morgan fingerprint density at radius 3 is 2.87 bits per heavy atom. The molecule has 1 aromatic rings. The number of carbonyl (C=O) groups excluding carboxylic acids is 1. The normalized spacial score (nSPS) is 20.1. The van der Waals surface area contributed by atoms with Gasteiger partial charge in [-0.3, -0.25) is 4.79 Å². The van der Waals surface area contributed by atoms with Crippen molar-refractivity contribution >= 4 is 5.91 Å². The van der Waals surface area contributed by atoms with Gasteiger partial charge in [-0.15, -0.1) is 0 Å². The highest BCUT2D eigenvalue weighted by Crippen LogP contribution is 2.06. The highest BCUT2D eigenvalue weighted by atomic mass is 16.1. The maximum Gasteiger partial charge on any atom is 0.251 e. The summed E-state index contributed by atoms with van der Waals surface area (Å²) in [6, 6.07) is 9.35. The number of rotatable bonds is 3. The standard InChI is InChI=1S/C12H16N2O/c15-12(11-4-2-1-3-5-11)14-9-10-6-7-13-8-10/h1-5,10,13H,6-9H2,(H,14,15)/t10-/m0/s1. The third-order valence-corrected chi connectivity index (χ3v) is 2.75. The maximum atomic E-state index is 11.7. The first-order chi connectivity index (χ1) is 7.36. The van der Waals surface area contributed by atoms with Gasteiger partial charge in [0.15, 0.2) is 0 Å². The fourth-order valence-corrected chi connectivity index (χ4v) is 1.82. The Morgan fingerprint density at radius 2 is 2.20 bits per heavy atom. The molecule has 3 heteroatoms. The van der Waals surface area contributed by atoms with Crippen molar-refractivity contribution in [2.75, 3.05) is 19.6 Å². The average molecular weight is 204 g/mol. The monoisotopic (exact) mass is 204 g/mol. The van der Waals surface area contributed by atoms with E-state index < -0.39 is 0 Å². The molecule has 1 aliphatic rings. The van der Waals surface area contributed by atoms with Crippen molar-refractivity contribution in [2.45, 2.75) is 6.42 Å². The van der Waals surface area contributed by atoms with E-state index in [0.717, 1.165) is 31.6 Å². The Balaban J connectivity index is 1.82. The number of benzene rings is 1. The number of amides is 1. The summed E-state index contributed by atoms with van der Waals surface area (Å²) in [5.41, 5.74) is 0.739. The van der Waals surface area contributed by atoms with E-state index in [0.29, 0.717) is 5.92 Å². The summed E-state index contributed by atoms with van der Waals surface area (Å²) in [7, 11) is 0. The van der Waals surface area contributed by atoms with Crippen molar-refractivity contribution in [1.82, 2.24) is 10.6 Å². The summed E-state index contributed by atoms with van der Waals surface area (Å²) in [6.45, 7) is 2.88. The van der Waals surface area contributed by atoms with Crippen LogP contribution in [0.4, 0.5) is 0 Å². The number of hydrogen-bond donors (Lipinski definition) is 2. The van der Waals surface area contributed by atoms with Gasteiger partial charge in [0.05, 0.1) is 0 Å². The summed E-state index contributed by atoms with van der Waals surface area (Å²) in [5.74, 6) is 0.625. The molecule has 0 aliphatic carbocycles. The second-order valence-corrected chi connectivity index (χ2v) is 3.93. The molecule has 0 unspecified atom stereocenters. The Labute approximate surface area is 89.9 Å². The SMILES string of the molecule is O=C(NC[C@H]1CCNC1)c1ccccc1. The Hall–Kier alpha value is -1.35. The minimum atomic E-state index is 0.0301. The van der Waals surface area contributed by atoms with Crippen molar-refractivity contribution in [3.05, 3.63) is 35.9 Å². The molecule has 80 valence electrons. The zero-order valence-electron chi connectivity index (χ0n) is 8.70. The van der Waals surface area contributed by atoms with Crippen molar-refractivity contribution in [2.24, 2.45) is 5.92 Å². The molecule has 1 fully saturated rings. The molecule has 0 saturated carbocycles. The summed E-state index contributed by atoms with van der Waals surface area (Å²) < 4.78 is 0. The molecule has 1 saturated heterocycles. The van der Waals surface area contributed by atoms with E-state index in [-0.39, 0.29) is 5.91 Å². The van der Waals surface area contributed by atoms with Crippen LogP contribution in [0.5, 0.6) is 0 Å². The van der Waals surface area contributed by atoms with Crippen molar-refractivity contribution in [3.8, 4) is 0 Å². The number of hydrogen-bond acceptors (Lipinski definition) is 2. The fraction of sp³-hybridized carbons (Fsp3) is 0.417. The van der Waals surface area contributed by atoms with E-state index in [1.165, 1.54) is 0 Å². The topological polar surface area (TPSA) is 41.1 Å². The number of nitrogens with one attached hydrogen (secondary N) is 2. The minimum Gasteiger partial charge on any atom is -0.352 e. The molecular weight excluding hydrogens is 188 g/mol. The molecule has 2 N–H and O–H groups in total. The van der Waals surface area contributed by atoms with Gasteiger partial charge < -0.3 is 10.6 Å².